The second-order valence-electron chi connectivity index (χ2n) is 5.40. The molecule has 0 radical (unpaired) electrons. The molecule has 10 heteroatoms. The summed E-state index contributed by atoms with van der Waals surface area (Å²) in [5.41, 5.74) is 0.412. The highest BCUT2D eigenvalue weighted by Crippen LogP contribution is 2.18. The Morgan fingerprint density at radius 2 is 1.89 bits per heavy atom. The summed E-state index contributed by atoms with van der Waals surface area (Å²) in [4.78, 5) is 28.1. The van der Waals surface area contributed by atoms with Crippen LogP contribution >= 0.6 is 11.6 Å². The third-order valence-corrected chi connectivity index (χ3v) is 5.27. The summed E-state index contributed by atoms with van der Waals surface area (Å²) < 4.78 is 31.2. The van der Waals surface area contributed by atoms with Gasteiger partial charge in [0.25, 0.3) is 5.91 Å². The molecule has 0 saturated carbocycles. The maximum atomic E-state index is 12.2. The molecule has 1 atom stereocenters. The van der Waals surface area contributed by atoms with E-state index < -0.39 is 28.0 Å². The number of aromatic nitrogens is 1. The molecule has 0 aliphatic carbocycles. The number of rotatable bonds is 7. The lowest BCUT2D eigenvalue weighted by Gasteiger charge is -2.14. The van der Waals surface area contributed by atoms with Gasteiger partial charge in [-0.1, -0.05) is 18.5 Å². The number of hydrogen-bond acceptors (Lipinski definition) is 6. The molecule has 27 heavy (non-hydrogen) atoms. The minimum atomic E-state index is -3.61. The van der Waals surface area contributed by atoms with Gasteiger partial charge in [0, 0.05) is 12.7 Å². The number of nitrogens with zero attached hydrogens (tertiary/aromatic N) is 1. The number of nitrogens with one attached hydrogen (secondary N) is 2. The molecule has 0 bridgehead atoms. The number of carbonyl (C=O) groups is 2. The molecule has 0 saturated heterocycles. The Bertz CT molecular complexity index is 932. The Balaban J connectivity index is 2.01. The Labute approximate surface area is 161 Å². The maximum absolute atomic E-state index is 12.2. The van der Waals surface area contributed by atoms with Crippen LogP contribution in [-0.2, 0) is 19.6 Å². The predicted molar refractivity (Wildman–Crippen MR) is 100 cm³/mol. The van der Waals surface area contributed by atoms with Crippen molar-refractivity contribution < 1.29 is 22.7 Å². The van der Waals surface area contributed by atoms with Gasteiger partial charge >= 0.3 is 5.97 Å². The summed E-state index contributed by atoms with van der Waals surface area (Å²) in [6.45, 7) is 3.32. The van der Waals surface area contributed by atoms with E-state index in [1.165, 1.54) is 37.4 Å². The van der Waals surface area contributed by atoms with Crippen molar-refractivity contribution in [2.75, 3.05) is 11.9 Å². The van der Waals surface area contributed by atoms with E-state index in [4.69, 9.17) is 16.3 Å². The van der Waals surface area contributed by atoms with Crippen molar-refractivity contribution >= 4 is 39.2 Å². The number of esters is 1. The van der Waals surface area contributed by atoms with E-state index in [0.29, 0.717) is 5.69 Å². The van der Waals surface area contributed by atoms with Gasteiger partial charge in [0.2, 0.25) is 10.0 Å². The van der Waals surface area contributed by atoms with Gasteiger partial charge < -0.3 is 10.1 Å². The molecule has 144 valence electrons. The first-order valence-corrected chi connectivity index (χ1v) is 9.82. The molecule has 2 aromatic rings. The third kappa shape index (κ3) is 5.49. The standard InChI is InChI=1S/C17H18ClN3O5S/c1-3-20-27(24,25)13-8-6-12(7-9-13)17(23)26-11(2)16(22)21-14-5-4-10-19-15(14)18/h4-11,20H,3H2,1-2H3,(H,21,22)/t11-/m0/s1. The number of carbonyl (C=O) groups excluding carboxylic acids is 2. The van der Waals surface area contributed by atoms with E-state index in [2.05, 4.69) is 15.0 Å². The molecular weight excluding hydrogens is 394 g/mol. The summed E-state index contributed by atoms with van der Waals surface area (Å²) in [6.07, 6.45) is 0.375. The maximum Gasteiger partial charge on any atom is 0.338 e. The molecule has 2 N–H and O–H groups in total. The lowest BCUT2D eigenvalue weighted by atomic mass is 10.2. The van der Waals surface area contributed by atoms with Crippen LogP contribution in [0, 0.1) is 0 Å². The molecule has 0 aliphatic heterocycles. The summed E-state index contributed by atoms with van der Waals surface area (Å²) >= 11 is 5.86. The highest BCUT2D eigenvalue weighted by molar-refractivity contribution is 7.89. The van der Waals surface area contributed by atoms with E-state index in [1.807, 2.05) is 0 Å². The van der Waals surface area contributed by atoms with Gasteiger partial charge in [-0.2, -0.15) is 0 Å². The largest absolute Gasteiger partial charge is 0.449 e. The van der Waals surface area contributed by atoms with Gasteiger partial charge in [0.15, 0.2) is 11.3 Å². The second kappa shape index (κ2) is 8.94. The third-order valence-electron chi connectivity index (χ3n) is 3.40. The Morgan fingerprint density at radius 1 is 1.22 bits per heavy atom. The van der Waals surface area contributed by atoms with Gasteiger partial charge in [-0.05, 0) is 43.3 Å². The Kier molecular flexibility index (Phi) is 6.89. The number of ether oxygens (including phenoxy) is 1. The first-order chi connectivity index (χ1) is 12.7. The van der Waals surface area contributed by atoms with Crippen LogP contribution in [0.2, 0.25) is 5.15 Å². The fourth-order valence-electron chi connectivity index (χ4n) is 2.04. The SMILES string of the molecule is CCNS(=O)(=O)c1ccc(C(=O)O[C@@H](C)C(=O)Nc2cccnc2Cl)cc1. The van der Waals surface area contributed by atoms with Crippen LogP contribution in [0.15, 0.2) is 47.5 Å². The van der Waals surface area contributed by atoms with E-state index in [9.17, 15) is 18.0 Å². The highest BCUT2D eigenvalue weighted by Gasteiger charge is 2.21. The molecule has 0 unspecified atom stereocenters. The van der Waals surface area contributed by atoms with E-state index in [1.54, 1.807) is 19.1 Å². The average Bonchev–Trinajstić information content (AvgIpc) is 2.63. The number of halogens is 1. The van der Waals surface area contributed by atoms with Crippen LogP contribution in [0.3, 0.4) is 0 Å². The number of benzene rings is 1. The van der Waals surface area contributed by atoms with Gasteiger partial charge in [-0.25, -0.2) is 22.9 Å². The fourth-order valence-corrected chi connectivity index (χ4v) is 3.25. The number of amides is 1. The van der Waals surface area contributed by atoms with Gasteiger partial charge in [0.05, 0.1) is 16.1 Å². The Hall–Kier alpha value is -2.49. The zero-order chi connectivity index (χ0) is 20.0. The molecule has 1 aromatic carbocycles. The zero-order valence-corrected chi connectivity index (χ0v) is 16.2. The Morgan fingerprint density at radius 3 is 2.48 bits per heavy atom. The molecule has 0 spiro atoms. The normalized spacial score (nSPS) is 12.3. The molecular formula is C17H18ClN3O5S. The number of hydrogen-bond donors (Lipinski definition) is 2. The lowest BCUT2D eigenvalue weighted by Crippen LogP contribution is -2.30. The molecule has 2 rings (SSSR count). The molecule has 8 nitrogen and oxygen atoms in total. The smallest absolute Gasteiger partial charge is 0.338 e. The predicted octanol–water partition coefficient (Wildman–Crippen LogP) is 2.22. The first-order valence-electron chi connectivity index (χ1n) is 7.96. The number of sulfonamides is 1. The van der Waals surface area contributed by atoms with Crippen LogP contribution in [0.1, 0.15) is 24.2 Å². The lowest BCUT2D eigenvalue weighted by molar-refractivity contribution is -0.123. The van der Waals surface area contributed by atoms with Gasteiger partial charge in [-0.15, -0.1) is 0 Å². The van der Waals surface area contributed by atoms with Crippen molar-refractivity contribution in [1.82, 2.24) is 9.71 Å². The molecule has 0 fully saturated rings. The van der Waals surface area contributed by atoms with Crippen LogP contribution < -0.4 is 10.0 Å². The fraction of sp³-hybridized carbons (Fsp3) is 0.235. The van der Waals surface area contributed by atoms with Crippen LogP contribution in [0.4, 0.5) is 5.69 Å². The van der Waals surface area contributed by atoms with Crippen molar-refractivity contribution in [3.63, 3.8) is 0 Å². The first kappa shape index (κ1) is 20.8. The second-order valence-corrected chi connectivity index (χ2v) is 7.53. The van der Waals surface area contributed by atoms with Gasteiger partial charge in [0.1, 0.15) is 0 Å². The van der Waals surface area contributed by atoms with E-state index >= 15 is 0 Å². The average molecular weight is 412 g/mol. The minimum absolute atomic E-state index is 0.0258. The highest BCUT2D eigenvalue weighted by atomic mass is 35.5. The van der Waals surface area contributed by atoms with Crippen LogP contribution in [-0.4, -0.2) is 37.9 Å². The van der Waals surface area contributed by atoms with Crippen molar-refractivity contribution in [2.24, 2.45) is 0 Å². The van der Waals surface area contributed by atoms with Crippen molar-refractivity contribution in [1.29, 1.82) is 0 Å². The summed E-state index contributed by atoms with van der Waals surface area (Å²) in [5.74, 6) is -1.34. The van der Waals surface area contributed by atoms with Crippen LogP contribution in [0.25, 0.3) is 0 Å². The monoisotopic (exact) mass is 411 g/mol. The molecule has 0 aliphatic rings. The zero-order valence-electron chi connectivity index (χ0n) is 14.6. The molecule has 1 amide bonds. The van der Waals surface area contributed by atoms with Crippen molar-refractivity contribution in [3.05, 3.63) is 53.3 Å². The molecule has 1 aromatic heterocycles. The number of anilines is 1. The van der Waals surface area contributed by atoms with Crippen LogP contribution in [0.5, 0.6) is 0 Å². The van der Waals surface area contributed by atoms with Crippen molar-refractivity contribution in [3.8, 4) is 0 Å². The van der Waals surface area contributed by atoms with Gasteiger partial charge in [-0.3, -0.25) is 4.79 Å². The minimum Gasteiger partial charge on any atom is -0.449 e. The summed E-state index contributed by atoms with van der Waals surface area (Å²) in [5, 5.41) is 2.62. The van der Waals surface area contributed by atoms with Crippen molar-refractivity contribution in [2.45, 2.75) is 24.8 Å². The quantitative estimate of drug-likeness (QED) is 0.533. The van der Waals surface area contributed by atoms with E-state index in [-0.39, 0.29) is 22.2 Å². The topological polar surface area (TPSA) is 114 Å². The molecule has 1 heterocycles. The summed E-state index contributed by atoms with van der Waals surface area (Å²) in [7, 11) is -3.61. The number of pyridine rings is 1. The summed E-state index contributed by atoms with van der Waals surface area (Å²) in [6, 6.07) is 8.36. The van der Waals surface area contributed by atoms with E-state index in [0.717, 1.165) is 0 Å².